The molecule has 2 aromatic rings. The van der Waals surface area contributed by atoms with Crippen LogP contribution in [0.1, 0.15) is 12.5 Å². The van der Waals surface area contributed by atoms with Crippen molar-refractivity contribution in [2.24, 2.45) is 5.10 Å². The number of nitrogens with one attached hydrogen (secondary N) is 1. The smallest absolute Gasteiger partial charge is 0.200 e. The second-order valence-electron chi connectivity index (χ2n) is 4.27. The summed E-state index contributed by atoms with van der Waals surface area (Å²) in [7, 11) is 0. The van der Waals surface area contributed by atoms with Crippen LogP contribution >= 0.6 is 0 Å². The van der Waals surface area contributed by atoms with Gasteiger partial charge in [0.1, 0.15) is 11.4 Å². The average Bonchev–Trinajstić information content (AvgIpc) is 2.51. The summed E-state index contributed by atoms with van der Waals surface area (Å²) in [6.07, 6.45) is 0. The quantitative estimate of drug-likeness (QED) is 0.296. The fourth-order valence-electron chi connectivity index (χ4n) is 1.68. The van der Waals surface area contributed by atoms with Crippen LogP contribution in [0.3, 0.4) is 0 Å². The van der Waals surface area contributed by atoms with Crippen LogP contribution in [-0.2, 0) is 0 Å². The van der Waals surface area contributed by atoms with Gasteiger partial charge in [-0.05, 0) is 19.1 Å². The van der Waals surface area contributed by atoms with E-state index in [2.05, 4.69) is 5.10 Å². The molecule has 0 atom stereocenters. The summed E-state index contributed by atoms with van der Waals surface area (Å²) in [5, 5.41) is 13.1. The molecule has 0 unspecified atom stereocenters. The summed E-state index contributed by atoms with van der Waals surface area (Å²) >= 11 is 0. The SMILES string of the molecule is CC(=NNc1c(F)c(F)c(F)c(F)c1F)c1ccccc1O. The van der Waals surface area contributed by atoms with Gasteiger partial charge in [-0.25, -0.2) is 22.0 Å². The number of benzene rings is 2. The molecule has 0 heterocycles. The Morgan fingerprint density at radius 1 is 0.909 bits per heavy atom. The number of hydrogen-bond donors (Lipinski definition) is 2. The summed E-state index contributed by atoms with van der Waals surface area (Å²) in [5.41, 5.74) is 0.844. The minimum Gasteiger partial charge on any atom is -0.507 e. The van der Waals surface area contributed by atoms with Crippen molar-refractivity contribution in [2.75, 3.05) is 5.43 Å². The molecule has 8 heteroatoms. The van der Waals surface area contributed by atoms with Crippen LogP contribution < -0.4 is 5.43 Å². The van der Waals surface area contributed by atoms with Gasteiger partial charge < -0.3 is 5.11 Å². The monoisotopic (exact) mass is 316 g/mol. The van der Waals surface area contributed by atoms with E-state index < -0.39 is 34.8 Å². The highest BCUT2D eigenvalue weighted by Gasteiger charge is 2.25. The molecule has 0 radical (unpaired) electrons. The number of halogens is 5. The second kappa shape index (κ2) is 6.00. The first-order chi connectivity index (χ1) is 10.3. The third-order valence-electron chi connectivity index (χ3n) is 2.84. The molecule has 2 N–H and O–H groups in total. The van der Waals surface area contributed by atoms with Crippen molar-refractivity contribution in [3.63, 3.8) is 0 Å². The van der Waals surface area contributed by atoms with Gasteiger partial charge in [0.15, 0.2) is 23.3 Å². The Bertz CT molecular complexity index is 732. The third-order valence-corrected chi connectivity index (χ3v) is 2.84. The van der Waals surface area contributed by atoms with Gasteiger partial charge in [0, 0.05) is 5.56 Å². The molecule has 0 saturated heterocycles. The molecule has 3 nitrogen and oxygen atoms in total. The summed E-state index contributed by atoms with van der Waals surface area (Å²) in [4.78, 5) is 0. The zero-order valence-electron chi connectivity index (χ0n) is 11.1. The van der Waals surface area contributed by atoms with Crippen molar-refractivity contribution in [2.45, 2.75) is 6.92 Å². The molecule has 22 heavy (non-hydrogen) atoms. The van der Waals surface area contributed by atoms with E-state index in [0.717, 1.165) is 0 Å². The van der Waals surface area contributed by atoms with Gasteiger partial charge in [0.25, 0.3) is 0 Å². The zero-order chi connectivity index (χ0) is 16.4. The normalized spacial score (nSPS) is 11.6. The Kier molecular flexibility index (Phi) is 4.30. The highest BCUT2D eigenvalue weighted by Crippen LogP contribution is 2.27. The minimum absolute atomic E-state index is 0.0852. The first kappa shape index (κ1) is 15.7. The number of rotatable bonds is 3. The Labute approximate surface area is 121 Å². The number of nitrogens with zero attached hydrogens (tertiary/aromatic N) is 1. The van der Waals surface area contributed by atoms with E-state index >= 15 is 0 Å². The molecular formula is C14H9F5N2O. The van der Waals surface area contributed by atoms with Gasteiger partial charge in [0.2, 0.25) is 5.82 Å². The summed E-state index contributed by atoms with van der Waals surface area (Å²) in [6.45, 7) is 1.38. The van der Waals surface area contributed by atoms with Crippen LogP contribution in [0.15, 0.2) is 29.4 Å². The van der Waals surface area contributed by atoms with Gasteiger partial charge in [-0.3, -0.25) is 5.43 Å². The maximum Gasteiger partial charge on any atom is 0.200 e. The van der Waals surface area contributed by atoms with E-state index in [1.165, 1.54) is 19.1 Å². The highest BCUT2D eigenvalue weighted by atomic mass is 19.2. The first-order valence-electron chi connectivity index (χ1n) is 5.94. The number of phenols is 1. The van der Waals surface area contributed by atoms with Crippen LogP contribution in [0.2, 0.25) is 0 Å². The lowest BCUT2D eigenvalue weighted by molar-refractivity contribution is 0.381. The summed E-state index contributed by atoms with van der Waals surface area (Å²) in [5.74, 6) is -10.6. The number of anilines is 1. The molecule has 2 rings (SSSR count). The van der Waals surface area contributed by atoms with Crippen LogP contribution in [0.25, 0.3) is 0 Å². The van der Waals surface area contributed by atoms with Gasteiger partial charge in [-0.1, -0.05) is 12.1 Å². The van der Waals surface area contributed by atoms with Crippen LogP contribution in [0, 0.1) is 29.1 Å². The molecule has 116 valence electrons. The number of hydrazone groups is 1. The Morgan fingerprint density at radius 3 is 1.95 bits per heavy atom. The molecule has 0 aliphatic rings. The van der Waals surface area contributed by atoms with Crippen molar-refractivity contribution in [1.29, 1.82) is 0 Å². The first-order valence-corrected chi connectivity index (χ1v) is 5.94. The molecule has 0 saturated carbocycles. The number of para-hydroxylation sites is 1. The molecule has 0 bridgehead atoms. The lowest BCUT2D eigenvalue weighted by Crippen LogP contribution is -2.08. The van der Waals surface area contributed by atoms with E-state index in [1.54, 1.807) is 17.6 Å². The zero-order valence-corrected chi connectivity index (χ0v) is 11.1. The topological polar surface area (TPSA) is 44.6 Å². The Morgan fingerprint density at radius 2 is 1.41 bits per heavy atom. The van der Waals surface area contributed by atoms with Gasteiger partial charge in [-0.15, -0.1) is 0 Å². The Hall–Kier alpha value is -2.64. The van der Waals surface area contributed by atoms with Crippen molar-refractivity contribution in [3.8, 4) is 5.75 Å². The Balaban J connectivity index is 2.40. The predicted octanol–water partition coefficient (Wildman–Crippen LogP) is 3.92. The van der Waals surface area contributed by atoms with E-state index in [-0.39, 0.29) is 17.0 Å². The van der Waals surface area contributed by atoms with Crippen molar-refractivity contribution >= 4 is 11.4 Å². The number of hydrogen-bond acceptors (Lipinski definition) is 3. The van der Waals surface area contributed by atoms with Gasteiger partial charge in [-0.2, -0.15) is 5.10 Å². The largest absolute Gasteiger partial charge is 0.507 e. The lowest BCUT2D eigenvalue weighted by Gasteiger charge is -2.09. The van der Waals surface area contributed by atoms with E-state index in [0.29, 0.717) is 0 Å². The standard InChI is InChI=1S/C14H9F5N2O/c1-6(7-4-2-3-5-8(7)22)20-21-14-12(18)10(16)9(15)11(17)13(14)19/h2-5,21-22H,1H3. The minimum atomic E-state index is -2.25. The summed E-state index contributed by atoms with van der Waals surface area (Å²) in [6, 6.07) is 5.94. The number of phenolic OH excluding ortho intramolecular Hbond substituents is 1. The molecule has 0 spiro atoms. The van der Waals surface area contributed by atoms with Gasteiger partial charge >= 0.3 is 0 Å². The fraction of sp³-hybridized carbons (Fsp3) is 0.0714. The molecular weight excluding hydrogens is 307 g/mol. The molecule has 0 amide bonds. The van der Waals surface area contributed by atoms with Crippen molar-refractivity contribution in [1.82, 2.24) is 0 Å². The van der Waals surface area contributed by atoms with Crippen LogP contribution in [-0.4, -0.2) is 10.8 Å². The summed E-state index contributed by atoms with van der Waals surface area (Å²) < 4.78 is 65.8. The van der Waals surface area contributed by atoms with Crippen molar-refractivity contribution in [3.05, 3.63) is 58.9 Å². The fourth-order valence-corrected chi connectivity index (χ4v) is 1.68. The molecule has 0 fully saturated rings. The second-order valence-corrected chi connectivity index (χ2v) is 4.27. The number of aromatic hydroxyl groups is 1. The maximum atomic E-state index is 13.4. The maximum absolute atomic E-state index is 13.4. The predicted molar refractivity (Wildman–Crippen MR) is 70.2 cm³/mol. The van der Waals surface area contributed by atoms with E-state index in [4.69, 9.17) is 0 Å². The molecule has 0 aliphatic carbocycles. The average molecular weight is 316 g/mol. The molecule has 2 aromatic carbocycles. The van der Waals surface area contributed by atoms with E-state index in [1.807, 2.05) is 0 Å². The van der Waals surface area contributed by atoms with Crippen LogP contribution in [0.5, 0.6) is 5.75 Å². The highest BCUT2D eigenvalue weighted by molar-refractivity contribution is 6.01. The van der Waals surface area contributed by atoms with Crippen molar-refractivity contribution < 1.29 is 27.1 Å². The van der Waals surface area contributed by atoms with E-state index in [9.17, 15) is 27.1 Å². The molecule has 0 aromatic heterocycles. The van der Waals surface area contributed by atoms with Crippen LogP contribution in [0.4, 0.5) is 27.6 Å². The van der Waals surface area contributed by atoms with Gasteiger partial charge in [0.05, 0.1) is 5.71 Å². The third kappa shape index (κ3) is 2.72. The lowest BCUT2D eigenvalue weighted by atomic mass is 10.1. The molecule has 0 aliphatic heterocycles.